The first kappa shape index (κ1) is 27.7. The summed E-state index contributed by atoms with van der Waals surface area (Å²) in [5.41, 5.74) is 4.04. The van der Waals surface area contributed by atoms with Gasteiger partial charge in [-0.05, 0) is 101 Å². The maximum absolute atomic E-state index is 13.6. The molecular formula is C30H40N4O4S. The van der Waals surface area contributed by atoms with E-state index >= 15 is 0 Å². The van der Waals surface area contributed by atoms with Crippen LogP contribution in [0.3, 0.4) is 0 Å². The van der Waals surface area contributed by atoms with E-state index in [0.29, 0.717) is 22.7 Å². The lowest BCUT2D eigenvalue weighted by Gasteiger charge is -2.36. The summed E-state index contributed by atoms with van der Waals surface area (Å²) in [6.45, 7) is 7.28. The number of nitrogens with one attached hydrogen (secondary N) is 3. The van der Waals surface area contributed by atoms with Crippen molar-refractivity contribution in [3.8, 4) is 0 Å². The van der Waals surface area contributed by atoms with E-state index in [0.717, 1.165) is 50.1 Å². The molecule has 5 rings (SSSR count). The molecule has 3 fully saturated rings. The summed E-state index contributed by atoms with van der Waals surface area (Å²) >= 11 is 0. The Morgan fingerprint density at radius 3 is 2.41 bits per heavy atom. The molecule has 0 atom stereocenters. The largest absolute Gasteiger partial charge is 0.392 e. The molecule has 1 saturated heterocycles. The highest BCUT2D eigenvalue weighted by Gasteiger charge is 2.44. The number of benzene rings is 2. The number of sulfonamides is 1. The van der Waals surface area contributed by atoms with Gasteiger partial charge in [-0.25, -0.2) is 13.1 Å². The normalized spacial score (nSPS) is 20.4. The van der Waals surface area contributed by atoms with Gasteiger partial charge in [0.05, 0.1) is 22.8 Å². The molecule has 1 spiro atoms. The molecule has 210 valence electrons. The standard InChI is InChI=1S/C30H40N4O4S/c1-29(2,3)33-39(37,38)25-6-4-5-22(19-25)32-28(36)26-8-7-23(31-24-17-21(18-24)9-16-35)20-27(26)34-14-12-30(10-11-30)13-15-34/h4-9,19-20,24,31,33,35H,10-18H2,1-3H3,(H,32,36). The van der Waals surface area contributed by atoms with E-state index in [2.05, 4.69) is 26.3 Å². The van der Waals surface area contributed by atoms with Crippen LogP contribution in [0.1, 0.15) is 69.7 Å². The second-order valence-corrected chi connectivity index (χ2v) is 14.0. The van der Waals surface area contributed by atoms with Crippen LogP contribution in [0.15, 0.2) is 59.0 Å². The predicted molar refractivity (Wildman–Crippen MR) is 156 cm³/mol. The fourth-order valence-electron chi connectivity index (χ4n) is 5.58. The van der Waals surface area contributed by atoms with Gasteiger partial charge in [0.2, 0.25) is 10.0 Å². The lowest BCUT2D eigenvalue weighted by atomic mass is 9.86. The molecule has 9 heteroatoms. The van der Waals surface area contributed by atoms with Gasteiger partial charge in [0.15, 0.2) is 0 Å². The molecule has 2 aromatic rings. The van der Waals surface area contributed by atoms with Gasteiger partial charge >= 0.3 is 0 Å². The molecular weight excluding hydrogens is 512 g/mol. The van der Waals surface area contributed by atoms with E-state index in [4.69, 9.17) is 5.11 Å². The third kappa shape index (κ3) is 6.65. The van der Waals surface area contributed by atoms with Gasteiger partial charge in [0.1, 0.15) is 0 Å². The summed E-state index contributed by atoms with van der Waals surface area (Å²) in [6.07, 6.45) is 8.60. The van der Waals surface area contributed by atoms with Crippen molar-refractivity contribution < 1.29 is 18.3 Å². The topological polar surface area (TPSA) is 111 Å². The van der Waals surface area contributed by atoms with E-state index in [1.54, 1.807) is 32.9 Å². The molecule has 4 N–H and O–H groups in total. The van der Waals surface area contributed by atoms with Crippen LogP contribution in [0.2, 0.25) is 0 Å². The molecule has 39 heavy (non-hydrogen) atoms. The maximum Gasteiger partial charge on any atom is 0.257 e. The minimum absolute atomic E-state index is 0.0778. The minimum atomic E-state index is -3.73. The van der Waals surface area contributed by atoms with Crippen molar-refractivity contribution >= 4 is 33.0 Å². The lowest BCUT2D eigenvalue weighted by Crippen LogP contribution is -2.40. The van der Waals surface area contributed by atoms with Crippen molar-refractivity contribution in [2.45, 2.75) is 75.8 Å². The van der Waals surface area contributed by atoms with Crippen LogP contribution in [0.25, 0.3) is 0 Å². The highest BCUT2D eigenvalue weighted by molar-refractivity contribution is 7.89. The molecule has 0 unspecified atom stereocenters. The Balaban J connectivity index is 1.36. The van der Waals surface area contributed by atoms with Crippen LogP contribution in [0, 0.1) is 5.41 Å². The predicted octanol–water partition coefficient (Wildman–Crippen LogP) is 4.89. The first-order valence-electron chi connectivity index (χ1n) is 13.9. The molecule has 2 aliphatic carbocycles. The highest BCUT2D eigenvalue weighted by Crippen LogP contribution is 2.54. The number of rotatable bonds is 8. The molecule has 3 aliphatic rings. The summed E-state index contributed by atoms with van der Waals surface area (Å²) in [4.78, 5) is 16.0. The van der Waals surface area contributed by atoms with Crippen molar-refractivity contribution in [1.29, 1.82) is 0 Å². The average Bonchev–Trinajstić information content (AvgIpc) is 3.60. The molecule has 0 aromatic heterocycles. The Morgan fingerprint density at radius 1 is 1.05 bits per heavy atom. The number of hydrogen-bond donors (Lipinski definition) is 4. The zero-order chi connectivity index (χ0) is 27.8. The molecule has 0 radical (unpaired) electrons. The monoisotopic (exact) mass is 552 g/mol. The number of hydrogen-bond acceptors (Lipinski definition) is 6. The van der Waals surface area contributed by atoms with Crippen molar-refractivity contribution in [3.63, 3.8) is 0 Å². The SMILES string of the molecule is CC(C)(C)NS(=O)(=O)c1cccc(NC(=O)c2ccc(NC3CC(=CCO)C3)cc2N2CCC3(CC2)CC3)c1. The summed E-state index contributed by atoms with van der Waals surface area (Å²) in [6, 6.07) is 12.5. The van der Waals surface area contributed by atoms with Crippen LogP contribution in [-0.2, 0) is 10.0 Å². The van der Waals surface area contributed by atoms with Crippen LogP contribution < -0.4 is 20.3 Å². The lowest BCUT2D eigenvalue weighted by molar-refractivity contribution is 0.102. The van der Waals surface area contributed by atoms with Crippen LogP contribution >= 0.6 is 0 Å². The summed E-state index contributed by atoms with van der Waals surface area (Å²) in [7, 11) is -3.73. The smallest absolute Gasteiger partial charge is 0.257 e. The number of nitrogens with zero attached hydrogens (tertiary/aromatic N) is 1. The van der Waals surface area contributed by atoms with Crippen molar-refractivity contribution in [2.75, 3.05) is 35.2 Å². The average molecular weight is 553 g/mol. The molecule has 2 aromatic carbocycles. The Morgan fingerprint density at radius 2 is 1.77 bits per heavy atom. The Bertz CT molecular complexity index is 1360. The second-order valence-electron chi connectivity index (χ2n) is 12.4. The first-order valence-corrected chi connectivity index (χ1v) is 15.3. The van der Waals surface area contributed by atoms with E-state index in [1.165, 1.54) is 30.5 Å². The number of amides is 1. The molecule has 1 heterocycles. The first-order chi connectivity index (χ1) is 18.5. The van der Waals surface area contributed by atoms with E-state index in [9.17, 15) is 13.2 Å². The van der Waals surface area contributed by atoms with Crippen LogP contribution in [0.4, 0.5) is 17.1 Å². The maximum atomic E-state index is 13.6. The summed E-state index contributed by atoms with van der Waals surface area (Å²) in [5, 5.41) is 15.6. The zero-order valence-corrected chi connectivity index (χ0v) is 23.9. The number of carbonyl (C=O) groups is 1. The Hall–Kier alpha value is -2.88. The summed E-state index contributed by atoms with van der Waals surface area (Å²) < 4.78 is 28.3. The van der Waals surface area contributed by atoms with E-state index in [1.807, 2.05) is 18.2 Å². The van der Waals surface area contributed by atoms with Gasteiger partial charge < -0.3 is 20.6 Å². The minimum Gasteiger partial charge on any atom is -0.392 e. The third-order valence-corrected chi connectivity index (χ3v) is 9.73. The number of aliphatic hydroxyl groups excluding tert-OH is 1. The van der Waals surface area contributed by atoms with Gasteiger partial charge in [-0.3, -0.25) is 4.79 Å². The molecule has 1 aliphatic heterocycles. The molecule has 1 amide bonds. The number of anilines is 3. The van der Waals surface area contributed by atoms with E-state index < -0.39 is 15.6 Å². The van der Waals surface area contributed by atoms with Crippen molar-refractivity contribution in [1.82, 2.24) is 4.72 Å². The van der Waals surface area contributed by atoms with Crippen LogP contribution in [0.5, 0.6) is 0 Å². The quantitative estimate of drug-likeness (QED) is 0.347. The number of carbonyl (C=O) groups excluding carboxylic acids is 1. The van der Waals surface area contributed by atoms with Gasteiger partial charge in [-0.1, -0.05) is 17.7 Å². The van der Waals surface area contributed by atoms with Gasteiger partial charge in [-0.15, -0.1) is 0 Å². The summed E-state index contributed by atoms with van der Waals surface area (Å²) in [5.74, 6) is -0.265. The highest BCUT2D eigenvalue weighted by atomic mass is 32.2. The van der Waals surface area contributed by atoms with Crippen molar-refractivity contribution in [2.24, 2.45) is 5.41 Å². The second kappa shape index (κ2) is 10.6. The zero-order valence-electron chi connectivity index (χ0n) is 23.1. The molecule has 8 nitrogen and oxygen atoms in total. The Labute approximate surface area is 231 Å². The van der Waals surface area contributed by atoms with E-state index in [-0.39, 0.29) is 17.4 Å². The molecule has 2 saturated carbocycles. The van der Waals surface area contributed by atoms with Gasteiger partial charge in [0.25, 0.3) is 5.91 Å². The fraction of sp³-hybridized carbons (Fsp3) is 0.500. The number of piperidine rings is 1. The van der Waals surface area contributed by atoms with Crippen LogP contribution in [-0.4, -0.2) is 50.7 Å². The van der Waals surface area contributed by atoms with Gasteiger partial charge in [-0.2, -0.15) is 0 Å². The fourth-order valence-corrected chi connectivity index (χ4v) is 7.05. The van der Waals surface area contributed by atoms with Crippen molar-refractivity contribution in [3.05, 3.63) is 59.7 Å². The number of aliphatic hydroxyl groups is 1. The van der Waals surface area contributed by atoms with Gasteiger partial charge in [0, 0.05) is 36.0 Å². The third-order valence-electron chi connectivity index (χ3n) is 7.97. The molecule has 0 bridgehead atoms. The Kier molecular flexibility index (Phi) is 7.52.